The van der Waals surface area contributed by atoms with Crippen LogP contribution >= 0.6 is 11.3 Å². The first-order valence-electron chi connectivity index (χ1n) is 5.22. The Hall–Kier alpha value is -1.39. The molecular weight excluding hydrogens is 218 g/mol. The van der Waals surface area contributed by atoms with E-state index in [1.54, 1.807) is 11.3 Å². The molecule has 0 aliphatic rings. The first kappa shape index (κ1) is 11.1. The van der Waals surface area contributed by atoms with Crippen molar-refractivity contribution in [1.82, 2.24) is 4.98 Å². The van der Waals surface area contributed by atoms with E-state index in [1.807, 2.05) is 42.6 Å². The van der Waals surface area contributed by atoms with Crippen LogP contribution in [0.1, 0.15) is 17.3 Å². The average Bonchev–Trinajstić information content (AvgIpc) is 2.73. The number of anilines is 1. The lowest BCUT2D eigenvalue weighted by atomic mass is 10.1. The van der Waals surface area contributed by atoms with Crippen molar-refractivity contribution in [2.24, 2.45) is 5.73 Å². The van der Waals surface area contributed by atoms with Crippen molar-refractivity contribution in [2.45, 2.75) is 13.0 Å². The molecule has 4 heteroatoms. The van der Waals surface area contributed by atoms with Gasteiger partial charge in [-0.15, -0.1) is 11.3 Å². The molecule has 0 saturated carbocycles. The molecule has 1 heterocycles. The molecule has 1 aromatic carbocycles. The summed E-state index contributed by atoms with van der Waals surface area (Å²) < 4.78 is 0. The number of rotatable bonds is 4. The molecule has 3 N–H and O–H groups in total. The van der Waals surface area contributed by atoms with Gasteiger partial charge in [0.05, 0.1) is 5.69 Å². The maximum absolute atomic E-state index is 6.06. The predicted octanol–water partition coefficient (Wildman–Crippen LogP) is 2.56. The van der Waals surface area contributed by atoms with Crippen LogP contribution in [0.4, 0.5) is 5.13 Å². The Labute approximate surface area is 99.3 Å². The second kappa shape index (κ2) is 5.09. The summed E-state index contributed by atoms with van der Waals surface area (Å²) in [7, 11) is 0. The van der Waals surface area contributed by atoms with Crippen LogP contribution in [-0.2, 0) is 0 Å². The fourth-order valence-electron chi connectivity index (χ4n) is 1.45. The maximum atomic E-state index is 6.06. The number of nitrogens with zero attached hydrogens (tertiary/aromatic N) is 1. The summed E-state index contributed by atoms with van der Waals surface area (Å²) in [6.07, 6.45) is 0. The van der Waals surface area contributed by atoms with E-state index in [9.17, 15) is 0 Å². The molecule has 84 valence electrons. The minimum Gasteiger partial charge on any atom is -0.360 e. The number of aromatic nitrogens is 1. The van der Waals surface area contributed by atoms with Gasteiger partial charge in [0, 0.05) is 18.0 Å². The average molecular weight is 233 g/mol. The molecule has 1 unspecified atom stereocenters. The molecule has 16 heavy (non-hydrogen) atoms. The van der Waals surface area contributed by atoms with Crippen molar-refractivity contribution in [1.29, 1.82) is 0 Å². The van der Waals surface area contributed by atoms with E-state index >= 15 is 0 Å². The van der Waals surface area contributed by atoms with Crippen LogP contribution < -0.4 is 11.1 Å². The Bertz CT molecular complexity index is 439. The largest absolute Gasteiger partial charge is 0.360 e. The minimum atomic E-state index is 0.00501. The quantitative estimate of drug-likeness (QED) is 0.853. The van der Waals surface area contributed by atoms with Crippen molar-refractivity contribution in [2.75, 3.05) is 11.9 Å². The molecule has 0 fully saturated rings. The number of benzene rings is 1. The van der Waals surface area contributed by atoms with Gasteiger partial charge in [0.1, 0.15) is 0 Å². The molecule has 0 saturated heterocycles. The van der Waals surface area contributed by atoms with Gasteiger partial charge in [-0.1, -0.05) is 30.3 Å². The molecule has 0 aliphatic heterocycles. The molecule has 0 radical (unpaired) electrons. The SMILES string of the molecule is Cc1csc(NCC(N)c2ccccc2)n1. The highest BCUT2D eigenvalue weighted by atomic mass is 32.1. The first-order chi connectivity index (χ1) is 7.75. The van der Waals surface area contributed by atoms with Gasteiger partial charge in [0.2, 0.25) is 0 Å². The fourth-order valence-corrected chi connectivity index (χ4v) is 2.15. The highest BCUT2D eigenvalue weighted by Gasteiger charge is 2.05. The zero-order valence-electron chi connectivity index (χ0n) is 9.18. The van der Waals surface area contributed by atoms with Gasteiger partial charge < -0.3 is 11.1 Å². The van der Waals surface area contributed by atoms with E-state index < -0.39 is 0 Å². The Morgan fingerprint density at radius 2 is 2.12 bits per heavy atom. The Balaban J connectivity index is 1.91. The zero-order chi connectivity index (χ0) is 11.4. The summed E-state index contributed by atoms with van der Waals surface area (Å²) in [5.41, 5.74) is 8.25. The molecule has 0 amide bonds. The smallest absolute Gasteiger partial charge is 0.182 e. The van der Waals surface area contributed by atoms with Gasteiger partial charge in [0.15, 0.2) is 5.13 Å². The van der Waals surface area contributed by atoms with Crippen molar-refractivity contribution >= 4 is 16.5 Å². The third kappa shape index (κ3) is 2.81. The minimum absolute atomic E-state index is 0.00501. The van der Waals surface area contributed by atoms with Gasteiger partial charge in [0.25, 0.3) is 0 Å². The Morgan fingerprint density at radius 1 is 1.38 bits per heavy atom. The third-order valence-corrected chi connectivity index (χ3v) is 3.24. The number of aryl methyl sites for hydroxylation is 1. The molecule has 3 nitrogen and oxygen atoms in total. The lowest BCUT2D eigenvalue weighted by Gasteiger charge is -2.12. The van der Waals surface area contributed by atoms with Crippen LogP contribution in [0.3, 0.4) is 0 Å². The lowest BCUT2D eigenvalue weighted by molar-refractivity contribution is 0.763. The van der Waals surface area contributed by atoms with E-state index in [-0.39, 0.29) is 6.04 Å². The molecule has 0 spiro atoms. The van der Waals surface area contributed by atoms with Gasteiger partial charge in [-0.3, -0.25) is 0 Å². The van der Waals surface area contributed by atoms with Crippen LogP contribution in [0.25, 0.3) is 0 Å². The Morgan fingerprint density at radius 3 is 2.75 bits per heavy atom. The number of nitrogens with two attached hydrogens (primary N) is 1. The number of hydrogen-bond acceptors (Lipinski definition) is 4. The second-order valence-corrected chi connectivity index (χ2v) is 4.55. The zero-order valence-corrected chi connectivity index (χ0v) is 10.00. The standard InChI is InChI=1S/C12H15N3S/c1-9-8-16-12(15-9)14-7-11(13)10-5-3-2-4-6-10/h2-6,8,11H,7,13H2,1H3,(H,14,15). The van der Waals surface area contributed by atoms with E-state index in [2.05, 4.69) is 10.3 Å². The van der Waals surface area contributed by atoms with Crippen LogP contribution in [0.15, 0.2) is 35.7 Å². The third-order valence-electron chi connectivity index (χ3n) is 2.32. The van der Waals surface area contributed by atoms with E-state index in [4.69, 9.17) is 5.73 Å². The van der Waals surface area contributed by atoms with Gasteiger partial charge >= 0.3 is 0 Å². The van der Waals surface area contributed by atoms with Crippen LogP contribution in [0.2, 0.25) is 0 Å². The summed E-state index contributed by atoms with van der Waals surface area (Å²) >= 11 is 1.61. The number of nitrogens with one attached hydrogen (secondary N) is 1. The van der Waals surface area contributed by atoms with E-state index in [1.165, 1.54) is 0 Å². The van der Waals surface area contributed by atoms with E-state index in [0.717, 1.165) is 16.4 Å². The van der Waals surface area contributed by atoms with Crippen molar-refractivity contribution in [3.05, 3.63) is 47.0 Å². The fraction of sp³-hybridized carbons (Fsp3) is 0.250. The summed E-state index contributed by atoms with van der Waals surface area (Å²) in [6, 6.07) is 10.1. The Kier molecular flexibility index (Phi) is 3.54. The molecule has 2 aromatic rings. The van der Waals surface area contributed by atoms with Gasteiger partial charge in [-0.25, -0.2) is 4.98 Å². The first-order valence-corrected chi connectivity index (χ1v) is 6.10. The predicted molar refractivity (Wildman–Crippen MR) is 68.7 cm³/mol. The highest BCUT2D eigenvalue weighted by Crippen LogP contribution is 2.16. The second-order valence-electron chi connectivity index (χ2n) is 3.69. The normalized spacial score (nSPS) is 12.4. The number of thiazole rings is 1. The maximum Gasteiger partial charge on any atom is 0.182 e. The van der Waals surface area contributed by atoms with Crippen LogP contribution in [0.5, 0.6) is 0 Å². The van der Waals surface area contributed by atoms with Crippen LogP contribution in [-0.4, -0.2) is 11.5 Å². The monoisotopic (exact) mass is 233 g/mol. The summed E-state index contributed by atoms with van der Waals surface area (Å²) in [6.45, 7) is 2.69. The summed E-state index contributed by atoms with van der Waals surface area (Å²) in [5, 5.41) is 6.20. The topological polar surface area (TPSA) is 50.9 Å². The molecule has 1 aromatic heterocycles. The molecule has 0 aliphatic carbocycles. The lowest BCUT2D eigenvalue weighted by Crippen LogP contribution is -2.20. The van der Waals surface area contributed by atoms with Gasteiger partial charge in [-0.05, 0) is 12.5 Å². The molecule has 2 rings (SSSR count). The molecule has 0 bridgehead atoms. The molecular formula is C12H15N3S. The van der Waals surface area contributed by atoms with Crippen LogP contribution in [0, 0.1) is 6.92 Å². The highest BCUT2D eigenvalue weighted by molar-refractivity contribution is 7.13. The summed E-state index contributed by atoms with van der Waals surface area (Å²) in [5.74, 6) is 0. The molecule has 1 atom stereocenters. The van der Waals surface area contributed by atoms with E-state index in [0.29, 0.717) is 6.54 Å². The van der Waals surface area contributed by atoms with Gasteiger partial charge in [-0.2, -0.15) is 0 Å². The number of hydrogen-bond donors (Lipinski definition) is 2. The van der Waals surface area contributed by atoms with Crippen molar-refractivity contribution in [3.63, 3.8) is 0 Å². The van der Waals surface area contributed by atoms with Crippen molar-refractivity contribution in [3.8, 4) is 0 Å². The summed E-state index contributed by atoms with van der Waals surface area (Å²) in [4.78, 5) is 4.33. The van der Waals surface area contributed by atoms with Crippen molar-refractivity contribution < 1.29 is 0 Å².